The molecule has 14 heavy (non-hydrogen) atoms. The minimum Gasteiger partial charge on any atom is -0.368 e. The van der Waals surface area contributed by atoms with Gasteiger partial charge in [-0.15, -0.1) is 0 Å². The number of nitrogens with two attached hydrogens (primary N) is 1. The summed E-state index contributed by atoms with van der Waals surface area (Å²) in [6.45, 7) is -0.213. The third kappa shape index (κ3) is 1.20. The molecule has 2 aliphatic heterocycles. The van der Waals surface area contributed by atoms with Crippen molar-refractivity contribution in [1.29, 1.82) is 0 Å². The molecule has 0 aromatic heterocycles. The summed E-state index contributed by atoms with van der Waals surface area (Å²) in [5.74, 6) is -0.623. The van der Waals surface area contributed by atoms with Crippen LogP contribution in [-0.2, 0) is 4.79 Å². The van der Waals surface area contributed by atoms with Gasteiger partial charge in [0.2, 0.25) is 5.91 Å². The highest BCUT2D eigenvalue weighted by Crippen LogP contribution is 2.12. The van der Waals surface area contributed by atoms with Gasteiger partial charge in [0.15, 0.2) is 0 Å². The number of hydrogen-bond acceptors (Lipinski definition) is 3. The summed E-state index contributed by atoms with van der Waals surface area (Å²) in [6.07, 6.45) is -1.03. The first-order valence-electron chi connectivity index (χ1n) is 4.00. The molecule has 2 atom stereocenters. The molecule has 2 heterocycles. The van der Waals surface area contributed by atoms with Crippen molar-refractivity contribution in [3.05, 3.63) is 0 Å². The fourth-order valence-electron chi connectivity index (χ4n) is 1.53. The maximum atomic E-state index is 11.2. The SMILES string of the molecule is NC(=O)CN1C(=O)N[C@@H]2NC(=O)N[C@@H]21. The van der Waals surface area contributed by atoms with Crippen molar-refractivity contribution in [2.75, 3.05) is 6.54 Å². The Bertz CT molecular complexity index is 317. The molecule has 2 fully saturated rings. The molecule has 0 spiro atoms. The molecule has 0 radical (unpaired) electrons. The molecule has 0 unspecified atom stereocenters. The van der Waals surface area contributed by atoms with Crippen molar-refractivity contribution in [2.24, 2.45) is 5.73 Å². The molecule has 0 aromatic rings. The summed E-state index contributed by atoms with van der Waals surface area (Å²) < 4.78 is 0. The summed E-state index contributed by atoms with van der Waals surface area (Å²) in [6, 6.07) is -0.805. The molecule has 0 aromatic carbocycles. The Hall–Kier alpha value is -1.99. The largest absolute Gasteiger partial charge is 0.368 e. The number of urea groups is 2. The van der Waals surface area contributed by atoms with Gasteiger partial charge in [0, 0.05) is 0 Å². The number of amides is 5. The molecule has 0 bridgehead atoms. The summed E-state index contributed by atoms with van der Waals surface area (Å²) >= 11 is 0. The Morgan fingerprint density at radius 2 is 2.07 bits per heavy atom. The van der Waals surface area contributed by atoms with E-state index in [1.54, 1.807) is 0 Å². The lowest BCUT2D eigenvalue weighted by molar-refractivity contribution is -0.118. The lowest BCUT2D eigenvalue weighted by Gasteiger charge is -2.18. The normalized spacial score (nSPS) is 29.3. The second-order valence-corrected chi connectivity index (χ2v) is 3.08. The molecule has 2 saturated heterocycles. The number of nitrogens with one attached hydrogen (secondary N) is 3. The minimum absolute atomic E-state index is 0.213. The number of hydrogen-bond donors (Lipinski definition) is 4. The molecular weight excluding hydrogens is 190 g/mol. The second-order valence-electron chi connectivity index (χ2n) is 3.08. The number of rotatable bonds is 2. The van der Waals surface area contributed by atoms with Gasteiger partial charge in [-0.1, -0.05) is 0 Å². The second kappa shape index (κ2) is 2.76. The molecule has 8 heteroatoms. The van der Waals surface area contributed by atoms with Crippen LogP contribution in [0.2, 0.25) is 0 Å². The van der Waals surface area contributed by atoms with E-state index in [2.05, 4.69) is 16.0 Å². The monoisotopic (exact) mass is 199 g/mol. The highest BCUT2D eigenvalue weighted by Gasteiger charge is 2.45. The van der Waals surface area contributed by atoms with Crippen LogP contribution in [0.25, 0.3) is 0 Å². The topological polar surface area (TPSA) is 117 Å². The first-order valence-corrected chi connectivity index (χ1v) is 4.00. The van der Waals surface area contributed by atoms with Crippen LogP contribution in [0.3, 0.4) is 0 Å². The van der Waals surface area contributed by atoms with Crippen LogP contribution < -0.4 is 21.7 Å². The van der Waals surface area contributed by atoms with Crippen LogP contribution in [0.5, 0.6) is 0 Å². The lowest BCUT2D eigenvalue weighted by atomic mass is 10.4. The fourth-order valence-corrected chi connectivity index (χ4v) is 1.53. The third-order valence-electron chi connectivity index (χ3n) is 2.08. The summed E-state index contributed by atoms with van der Waals surface area (Å²) in [5, 5.41) is 7.45. The number of fused-ring (bicyclic) bond motifs is 1. The third-order valence-corrected chi connectivity index (χ3v) is 2.08. The molecule has 2 rings (SSSR count). The fraction of sp³-hybridized carbons (Fsp3) is 0.500. The molecule has 0 saturated carbocycles. The van der Waals surface area contributed by atoms with Gasteiger partial charge in [0.05, 0.1) is 0 Å². The Morgan fingerprint density at radius 3 is 2.71 bits per heavy atom. The zero-order chi connectivity index (χ0) is 10.3. The van der Waals surface area contributed by atoms with E-state index in [0.29, 0.717) is 0 Å². The number of carbonyl (C=O) groups is 3. The van der Waals surface area contributed by atoms with Gasteiger partial charge in [0.25, 0.3) is 0 Å². The predicted octanol–water partition coefficient (Wildman–Crippen LogP) is -2.54. The van der Waals surface area contributed by atoms with Crippen molar-refractivity contribution < 1.29 is 14.4 Å². The summed E-state index contributed by atoms with van der Waals surface area (Å²) in [5.41, 5.74) is 4.96. The predicted molar refractivity (Wildman–Crippen MR) is 43.7 cm³/mol. The Balaban J connectivity index is 2.12. The van der Waals surface area contributed by atoms with Gasteiger partial charge in [-0.2, -0.15) is 0 Å². The van der Waals surface area contributed by atoms with Crippen LogP contribution in [-0.4, -0.2) is 41.7 Å². The van der Waals surface area contributed by atoms with Gasteiger partial charge in [0.1, 0.15) is 18.9 Å². The van der Waals surface area contributed by atoms with E-state index >= 15 is 0 Å². The van der Waals surface area contributed by atoms with Crippen molar-refractivity contribution in [1.82, 2.24) is 20.9 Å². The van der Waals surface area contributed by atoms with E-state index in [1.165, 1.54) is 4.90 Å². The van der Waals surface area contributed by atoms with Gasteiger partial charge < -0.3 is 21.7 Å². The number of nitrogens with zero attached hydrogens (tertiary/aromatic N) is 1. The minimum atomic E-state index is -0.623. The molecular formula is C6H9N5O3. The Labute approximate surface area is 78.8 Å². The van der Waals surface area contributed by atoms with Gasteiger partial charge >= 0.3 is 12.1 Å². The number of primary amides is 1. The Kier molecular flexibility index (Phi) is 1.69. The molecule has 8 nitrogen and oxygen atoms in total. The van der Waals surface area contributed by atoms with E-state index in [-0.39, 0.29) is 12.6 Å². The molecule has 76 valence electrons. The zero-order valence-corrected chi connectivity index (χ0v) is 7.11. The quantitative estimate of drug-likeness (QED) is 0.392. The van der Waals surface area contributed by atoms with E-state index in [1.807, 2.05) is 0 Å². The first kappa shape index (κ1) is 8.60. The van der Waals surface area contributed by atoms with Crippen molar-refractivity contribution in [3.63, 3.8) is 0 Å². The van der Waals surface area contributed by atoms with Crippen LogP contribution in [0.15, 0.2) is 0 Å². The van der Waals surface area contributed by atoms with Crippen LogP contribution >= 0.6 is 0 Å². The summed E-state index contributed by atoms with van der Waals surface area (Å²) in [7, 11) is 0. The molecule has 5 N–H and O–H groups in total. The summed E-state index contributed by atoms with van der Waals surface area (Å²) in [4.78, 5) is 33.9. The molecule has 2 aliphatic rings. The standard InChI is InChI=1S/C6H9N5O3/c7-2(12)1-11-4-3(9-6(11)14)8-5(13)10-4/h3-4H,1H2,(H2,7,12)(H,9,14)(H2,8,10,13)/t3-,4+/m0/s1. The van der Waals surface area contributed by atoms with E-state index < -0.39 is 24.3 Å². The maximum Gasteiger partial charge on any atom is 0.321 e. The van der Waals surface area contributed by atoms with Gasteiger partial charge in [-0.3, -0.25) is 9.69 Å². The maximum absolute atomic E-state index is 11.2. The van der Waals surface area contributed by atoms with E-state index in [9.17, 15) is 14.4 Å². The number of carbonyl (C=O) groups excluding carboxylic acids is 3. The van der Waals surface area contributed by atoms with Crippen molar-refractivity contribution in [2.45, 2.75) is 12.3 Å². The van der Waals surface area contributed by atoms with Gasteiger partial charge in [-0.05, 0) is 0 Å². The van der Waals surface area contributed by atoms with Crippen molar-refractivity contribution >= 4 is 18.0 Å². The van der Waals surface area contributed by atoms with E-state index in [0.717, 1.165) is 0 Å². The van der Waals surface area contributed by atoms with E-state index in [4.69, 9.17) is 5.73 Å². The van der Waals surface area contributed by atoms with Crippen LogP contribution in [0.1, 0.15) is 0 Å². The van der Waals surface area contributed by atoms with Crippen molar-refractivity contribution in [3.8, 4) is 0 Å². The van der Waals surface area contributed by atoms with Crippen LogP contribution in [0.4, 0.5) is 9.59 Å². The zero-order valence-electron chi connectivity index (χ0n) is 7.11. The molecule has 5 amide bonds. The highest BCUT2D eigenvalue weighted by atomic mass is 16.2. The smallest absolute Gasteiger partial charge is 0.321 e. The lowest BCUT2D eigenvalue weighted by Crippen LogP contribution is -2.47. The first-order chi connectivity index (χ1) is 6.58. The average molecular weight is 199 g/mol. The molecule has 0 aliphatic carbocycles. The average Bonchev–Trinajstić information content (AvgIpc) is 2.51. The Morgan fingerprint density at radius 1 is 1.36 bits per heavy atom. The van der Waals surface area contributed by atoms with Crippen LogP contribution in [0, 0.1) is 0 Å². The highest BCUT2D eigenvalue weighted by molar-refractivity contribution is 5.88. The van der Waals surface area contributed by atoms with Gasteiger partial charge in [-0.25, -0.2) is 9.59 Å².